The van der Waals surface area contributed by atoms with Crippen molar-refractivity contribution < 1.29 is 14.5 Å². The van der Waals surface area contributed by atoms with Gasteiger partial charge in [-0.1, -0.05) is 0 Å². The highest BCUT2D eigenvalue weighted by atomic mass is 32.2. The van der Waals surface area contributed by atoms with E-state index in [0.717, 1.165) is 17.8 Å². The van der Waals surface area contributed by atoms with Crippen LogP contribution in [0.1, 0.15) is 45.4 Å². The molecule has 7 heteroatoms. The average Bonchev–Trinajstić information content (AvgIpc) is 2.60. The van der Waals surface area contributed by atoms with Gasteiger partial charge in [-0.05, 0) is 69.3 Å². The number of nitro groups is 1. The number of nitro benzene ring substituents is 1. The van der Waals surface area contributed by atoms with Crippen LogP contribution >= 0.6 is 11.8 Å². The predicted molar refractivity (Wildman–Crippen MR) is 106 cm³/mol. The van der Waals surface area contributed by atoms with Gasteiger partial charge in [0.2, 0.25) is 5.91 Å². The number of rotatable bonds is 6. The van der Waals surface area contributed by atoms with E-state index in [0.29, 0.717) is 11.4 Å². The average molecular weight is 391 g/mol. The maximum Gasteiger partial charge on any atom is 0.273 e. The largest absolute Gasteiger partial charge is 0.494 e. The van der Waals surface area contributed by atoms with Gasteiger partial charge in [-0.2, -0.15) is 0 Å². The van der Waals surface area contributed by atoms with E-state index in [1.54, 1.807) is 0 Å². The molecule has 4 bridgehead atoms. The lowest BCUT2D eigenvalue weighted by atomic mass is 9.56. The van der Waals surface area contributed by atoms with Gasteiger partial charge in [-0.3, -0.25) is 14.9 Å². The molecule has 0 aromatic heterocycles. The van der Waals surface area contributed by atoms with Crippen LogP contribution < -0.4 is 10.1 Å². The molecule has 1 atom stereocenters. The smallest absolute Gasteiger partial charge is 0.273 e. The molecule has 1 aromatic carbocycles. The summed E-state index contributed by atoms with van der Waals surface area (Å²) in [7, 11) is 1.45. The summed E-state index contributed by atoms with van der Waals surface area (Å²) in [5.41, 5.74) is 0.423. The van der Waals surface area contributed by atoms with Crippen molar-refractivity contribution >= 4 is 29.0 Å². The first-order chi connectivity index (χ1) is 12.9. The van der Waals surface area contributed by atoms with Gasteiger partial charge >= 0.3 is 0 Å². The number of benzene rings is 1. The number of hydrogen-bond acceptors (Lipinski definition) is 5. The van der Waals surface area contributed by atoms with Gasteiger partial charge in [0.1, 0.15) is 5.75 Å². The number of anilines is 1. The Morgan fingerprint density at radius 1 is 1.26 bits per heavy atom. The number of non-ortho nitro benzene ring substituents is 1. The van der Waals surface area contributed by atoms with Gasteiger partial charge in [0.05, 0.1) is 29.0 Å². The van der Waals surface area contributed by atoms with E-state index in [1.165, 1.54) is 63.8 Å². The first kappa shape index (κ1) is 18.6. The van der Waals surface area contributed by atoms with E-state index >= 15 is 0 Å². The van der Waals surface area contributed by atoms with E-state index in [9.17, 15) is 14.9 Å². The molecular weight excluding hydrogens is 364 g/mol. The van der Waals surface area contributed by atoms with Crippen LogP contribution in [0.3, 0.4) is 0 Å². The maximum atomic E-state index is 12.8. The predicted octanol–water partition coefficient (Wildman–Crippen LogP) is 4.63. The minimum absolute atomic E-state index is 0.0548. The van der Waals surface area contributed by atoms with Crippen molar-refractivity contribution in [1.29, 1.82) is 0 Å². The third-order valence-corrected chi connectivity index (χ3v) is 8.00. The first-order valence-electron chi connectivity index (χ1n) is 9.68. The SMILES string of the molecule is COc1cc([N+](=O)[O-])ccc1NC(=O)[C@H](C)SC12CC3CC(CC(C3)C1)C2. The number of ether oxygens (including phenoxy) is 1. The fourth-order valence-electron chi connectivity index (χ4n) is 5.74. The van der Waals surface area contributed by atoms with Gasteiger partial charge in [-0.25, -0.2) is 0 Å². The molecule has 0 radical (unpaired) electrons. The van der Waals surface area contributed by atoms with E-state index in [-0.39, 0.29) is 21.6 Å². The standard InChI is InChI=1S/C20H26N2O4S/c1-12(27-20-9-13-5-14(10-20)7-15(6-13)11-20)19(23)21-17-4-3-16(22(24)25)8-18(17)26-2/h3-4,8,12-15H,5-7,9-11H2,1-2H3,(H,21,23)/t12-,13?,14?,15?,20?/m0/s1. The monoisotopic (exact) mass is 390 g/mol. The van der Waals surface area contributed by atoms with Crippen LogP contribution in [0.4, 0.5) is 11.4 Å². The zero-order valence-corrected chi connectivity index (χ0v) is 16.6. The number of nitrogens with one attached hydrogen (secondary N) is 1. The molecule has 146 valence electrons. The summed E-state index contributed by atoms with van der Waals surface area (Å²) in [6.07, 6.45) is 7.92. The summed E-state index contributed by atoms with van der Waals surface area (Å²) in [6.45, 7) is 1.97. The van der Waals surface area contributed by atoms with Crippen LogP contribution in [0.25, 0.3) is 0 Å². The number of thioether (sulfide) groups is 1. The van der Waals surface area contributed by atoms with E-state index in [2.05, 4.69) is 5.32 Å². The van der Waals surface area contributed by atoms with Crippen LogP contribution in [0.15, 0.2) is 18.2 Å². The van der Waals surface area contributed by atoms with Crippen LogP contribution in [0, 0.1) is 27.9 Å². The summed E-state index contributed by atoms with van der Waals surface area (Å²) >= 11 is 1.84. The second-order valence-electron chi connectivity index (χ2n) is 8.49. The topological polar surface area (TPSA) is 81.5 Å². The molecule has 0 heterocycles. The molecule has 1 aromatic rings. The highest BCUT2D eigenvalue weighted by molar-refractivity contribution is 8.01. The molecule has 1 N–H and O–H groups in total. The van der Waals surface area contributed by atoms with Crippen LogP contribution in [-0.4, -0.2) is 27.9 Å². The molecule has 4 saturated carbocycles. The molecule has 0 spiro atoms. The third kappa shape index (κ3) is 3.66. The van der Waals surface area contributed by atoms with Gasteiger partial charge in [0.25, 0.3) is 5.69 Å². The minimum atomic E-state index is -0.473. The lowest BCUT2D eigenvalue weighted by Gasteiger charge is -2.57. The number of hydrogen-bond donors (Lipinski definition) is 1. The van der Waals surface area contributed by atoms with Crippen molar-refractivity contribution in [3.05, 3.63) is 28.3 Å². The first-order valence-corrected chi connectivity index (χ1v) is 10.6. The van der Waals surface area contributed by atoms with Gasteiger partial charge in [-0.15, -0.1) is 11.8 Å². The Kier molecular flexibility index (Phi) is 4.82. The lowest BCUT2D eigenvalue weighted by molar-refractivity contribution is -0.384. The van der Waals surface area contributed by atoms with Crippen LogP contribution in [0.2, 0.25) is 0 Å². The molecule has 5 rings (SSSR count). The minimum Gasteiger partial charge on any atom is -0.494 e. The van der Waals surface area contributed by atoms with Crippen molar-refractivity contribution in [2.24, 2.45) is 17.8 Å². The molecule has 6 nitrogen and oxygen atoms in total. The fourth-order valence-corrected chi connectivity index (χ4v) is 7.65. The van der Waals surface area contributed by atoms with Gasteiger partial charge < -0.3 is 10.1 Å². The van der Waals surface area contributed by atoms with E-state index in [1.807, 2.05) is 18.7 Å². The summed E-state index contributed by atoms with van der Waals surface area (Å²) in [5.74, 6) is 2.81. The molecule has 0 aliphatic heterocycles. The Labute approximate surface area is 163 Å². The molecule has 4 aliphatic carbocycles. The summed E-state index contributed by atoms with van der Waals surface area (Å²) in [6, 6.07) is 4.26. The Morgan fingerprint density at radius 2 is 1.85 bits per heavy atom. The molecule has 4 aliphatic rings. The Balaban J connectivity index is 1.43. The van der Waals surface area contributed by atoms with Crippen molar-refractivity contribution in [2.75, 3.05) is 12.4 Å². The van der Waals surface area contributed by atoms with E-state index in [4.69, 9.17) is 4.74 Å². The lowest BCUT2D eigenvalue weighted by Crippen LogP contribution is -2.49. The molecule has 0 saturated heterocycles. The van der Waals surface area contributed by atoms with E-state index < -0.39 is 4.92 Å². The summed E-state index contributed by atoms with van der Waals surface area (Å²) in [5, 5.41) is 13.7. The molecule has 0 unspecified atom stereocenters. The molecule has 1 amide bonds. The normalized spacial score (nSPS) is 32.1. The maximum absolute atomic E-state index is 12.8. The van der Waals surface area contributed by atoms with Crippen LogP contribution in [-0.2, 0) is 4.79 Å². The highest BCUT2D eigenvalue weighted by Crippen LogP contribution is 2.61. The third-order valence-electron chi connectivity index (χ3n) is 6.43. The number of methoxy groups -OCH3 is 1. The van der Waals surface area contributed by atoms with Crippen molar-refractivity contribution in [1.82, 2.24) is 0 Å². The van der Waals surface area contributed by atoms with Gasteiger partial charge in [0, 0.05) is 10.8 Å². The fraction of sp³-hybridized carbons (Fsp3) is 0.650. The Hall–Kier alpha value is -1.76. The highest BCUT2D eigenvalue weighted by Gasteiger charge is 2.52. The molecule has 27 heavy (non-hydrogen) atoms. The summed E-state index contributed by atoms with van der Waals surface area (Å²) < 4.78 is 5.49. The second kappa shape index (κ2) is 7.00. The number of carbonyl (C=O) groups is 1. The van der Waals surface area contributed by atoms with Crippen molar-refractivity contribution in [2.45, 2.75) is 55.4 Å². The molecule has 4 fully saturated rings. The Bertz CT molecular complexity index is 731. The number of amides is 1. The number of nitrogens with zero attached hydrogens (tertiary/aromatic N) is 1. The Morgan fingerprint density at radius 3 is 2.37 bits per heavy atom. The zero-order valence-electron chi connectivity index (χ0n) is 15.8. The van der Waals surface area contributed by atoms with Crippen molar-refractivity contribution in [3.8, 4) is 5.75 Å². The second-order valence-corrected chi connectivity index (χ2v) is 10.3. The summed E-state index contributed by atoms with van der Waals surface area (Å²) in [4.78, 5) is 23.3. The quantitative estimate of drug-likeness (QED) is 0.566. The molecular formula is C20H26N2O4S. The van der Waals surface area contributed by atoms with Crippen molar-refractivity contribution in [3.63, 3.8) is 0 Å². The van der Waals surface area contributed by atoms with Crippen LogP contribution in [0.5, 0.6) is 5.75 Å². The zero-order chi connectivity index (χ0) is 19.2. The van der Waals surface area contributed by atoms with Gasteiger partial charge in [0.15, 0.2) is 0 Å². The number of carbonyl (C=O) groups excluding carboxylic acids is 1.